The number of hydrogen-bond acceptors (Lipinski definition) is 4. The van der Waals surface area contributed by atoms with Crippen LogP contribution in [-0.2, 0) is 0 Å². The molecule has 2 aromatic rings. The second kappa shape index (κ2) is 8.20. The summed E-state index contributed by atoms with van der Waals surface area (Å²) in [5, 5.41) is 0. The minimum Gasteiger partial charge on any atom is -0.490 e. The van der Waals surface area contributed by atoms with E-state index in [2.05, 4.69) is 0 Å². The number of rotatable bonds is 6. The third kappa shape index (κ3) is 4.51. The van der Waals surface area contributed by atoms with Gasteiger partial charge in [0.1, 0.15) is 5.82 Å². The zero-order valence-electron chi connectivity index (χ0n) is 13.3. The lowest BCUT2D eigenvalue weighted by Crippen LogP contribution is -1.99. The molecule has 0 amide bonds. The van der Waals surface area contributed by atoms with Crippen LogP contribution in [0.2, 0.25) is 0 Å². The van der Waals surface area contributed by atoms with Gasteiger partial charge in [-0.1, -0.05) is 0 Å². The molecular weight excluding hydrogens is 327 g/mol. The molecule has 0 fully saturated rings. The van der Waals surface area contributed by atoms with Crippen molar-refractivity contribution in [3.05, 3.63) is 53.8 Å². The highest BCUT2D eigenvalue weighted by Crippen LogP contribution is 2.34. The van der Waals surface area contributed by atoms with Crippen molar-refractivity contribution >= 4 is 17.5 Å². The summed E-state index contributed by atoms with van der Waals surface area (Å²) in [7, 11) is 0. The fourth-order valence-corrected chi connectivity index (χ4v) is 3.32. The van der Waals surface area contributed by atoms with Crippen LogP contribution in [0.3, 0.4) is 0 Å². The van der Waals surface area contributed by atoms with Crippen molar-refractivity contribution in [3.63, 3.8) is 0 Å². The predicted molar refractivity (Wildman–Crippen MR) is 92.7 cm³/mol. The number of carbonyl (C=O) groups excluding carboxylic acids is 1. The van der Waals surface area contributed by atoms with Gasteiger partial charge in [0, 0.05) is 23.3 Å². The first-order valence-electron chi connectivity index (χ1n) is 8.03. The Bertz CT molecular complexity index is 700. The number of fused-ring (bicyclic) bond motifs is 1. The highest BCUT2D eigenvalue weighted by molar-refractivity contribution is 7.99. The maximum absolute atomic E-state index is 12.9. The third-order valence-electron chi connectivity index (χ3n) is 3.70. The summed E-state index contributed by atoms with van der Waals surface area (Å²) in [4.78, 5) is 13.1. The van der Waals surface area contributed by atoms with Crippen LogP contribution in [0.4, 0.5) is 4.39 Å². The molecule has 0 radical (unpaired) electrons. The molecule has 0 saturated carbocycles. The van der Waals surface area contributed by atoms with E-state index < -0.39 is 0 Å². The summed E-state index contributed by atoms with van der Waals surface area (Å²) >= 11 is 1.69. The summed E-state index contributed by atoms with van der Waals surface area (Å²) < 4.78 is 24.1. The molecule has 3 nitrogen and oxygen atoms in total. The van der Waals surface area contributed by atoms with E-state index in [-0.39, 0.29) is 11.6 Å². The van der Waals surface area contributed by atoms with E-state index in [4.69, 9.17) is 9.47 Å². The molecule has 0 unspecified atom stereocenters. The molecule has 5 heteroatoms. The second-order valence-corrected chi connectivity index (χ2v) is 6.71. The van der Waals surface area contributed by atoms with Crippen LogP contribution in [-0.4, -0.2) is 24.7 Å². The van der Waals surface area contributed by atoms with E-state index in [9.17, 15) is 9.18 Å². The SMILES string of the molecule is O=C(CCCSc1ccc2c(c1)OCCCO2)c1ccc(F)cc1. The van der Waals surface area contributed by atoms with Crippen LogP contribution in [0.25, 0.3) is 0 Å². The fraction of sp³-hybridized carbons (Fsp3) is 0.316. The van der Waals surface area contributed by atoms with Gasteiger partial charge >= 0.3 is 0 Å². The van der Waals surface area contributed by atoms with Crippen molar-refractivity contribution in [1.82, 2.24) is 0 Å². The van der Waals surface area contributed by atoms with Gasteiger partial charge in [-0.15, -0.1) is 11.8 Å². The normalized spacial score (nSPS) is 13.4. The van der Waals surface area contributed by atoms with Crippen molar-refractivity contribution in [2.75, 3.05) is 19.0 Å². The lowest BCUT2D eigenvalue weighted by Gasteiger charge is -2.09. The van der Waals surface area contributed by atoms with Gasteiger partial charge in [0.25, 0.3) is 0 Å². The molecule has 1 heterocycles. The highest BCUT2D eigenvalue weighted by Gasteiger charge is 2.11. The predicted octanol–water partition coefficient (Wildman–Crippen LogP) is 4.74. The first-order valence-corrected chi connectivity index (χ1v) is 9.02. The van der Waals surface area contributed by atoms with Crippen LogP contribution >= 0.6 is 11.8 Å². The van der Waals surface area contributed by atoms with E-state index >= 15 is 0 Å². The van der Waals surface area contributed by atoms with E-state index in [1.807, 2.05) is 18.2 Å². The van der Waals surface area contributed by atoms with Crippen LogP contribution < -0.4 is 9.47 Å². The van der Waals surface area contributed by atoms with Crippen molar-refractivity contribution in [2.24, 2.45) is 0 Å². The minimum absolute atomic E-state index is 0.0502. The largest absolute Gasteiger partial charge is 0.490 e. The maximum Gasteiger partial charge on any atom is 0.162 e. The summed E-state index contributed by atoms with van der Waals surface area (Å²) in [6.07, 6.45) is 2.13. The number of ketones is 1. The minimum atomic E-state index is -0.323. The molecule has 0 saturated heterocycles. The molecule has 0 spiro atoms. The number of carbonyl (C=O) groups is 1. The first-order chi connectivity index (χ1) is 11.7. The van der Waals surface area contributed by atoms with Gasteiger partial charge in [-0.25, -0.2) is 4.39 Å². The average Bonchev–Trinajstić information content (AvgIpc) is 2.84. The zero-order chi connectivity index (χ0) is 16.8. The van der Waals surface area contributed by atoms with Gasteiger partial charge in [0.15, 0.2) is 17.3 Å². The molecule has 0 N–H and O–H groups in total. The molecule has 0 atom stereocenters. The lowest BCUT2D eigenvalue weighted by molar-refractivity contribution is 0.0982. The van der Waals surface area contributed by atoms with Gasteiger partial charge in [0.2, 0.25) is 0 Å². The Labute approximate surface area is 145 Å². The number of benzene rings is 2. The molecule has 3 rings (SSSR count). The highest BCUT2D eigenvalue weighted by atomic mass is 32.2. The molecule has 1 aliphatic heterocycles. The Morgan fingerprint density at radius 1 is 1.04 bits per heavy atom. The van der Waals surface area contributed by atoms with E-state index in [0.29, 0.717) is 25.2 Å². The third-order valence-corrected chi connectivity index (χ3v) is 4.78. The topological polar surface area (TPSA) is 35.5 Å². The molecule has 2 aromatic carbocycles. The molecule has 0 aliphatic carbocycles. The summed E-state index contributed by atoms with van der Waals surface area (Å²) in [5.74, 6) is 2.15. The Kier molecular flexibility index (Phi) is 5.75. The monoisotopic (exact) mass is 346 g/mol. The van der Waals surface area contributed by atoms with E-state index in [0.717, 1.165) is 35.0 Å². The van der Waals surface area contributed by atoms with Crippen molar-refractivity contribution in [1.29, 1.82) is 0 Å². The molecule has 1 aliphatic rings. The van der Waals surface area contributed by atoms with Crippen LogP contribution in [0, 0.1) is 5.82 Å². The van der Waals surface area contributed by atoms with E-state index in [1.165, 1.54) is 24.3 Å². The molecule has 0 bridgehead atoms. The second-order valence-electron chi connectivity index (χ2n) is 5.54. The number of Topliss-reactive ketones (excluding diaryl/α,β-unsaturated/α-hetero) is 1. The van der Waals surface area contributed by atoms with Gasteiger partial charge in [-0.3, -0.25) is 4.79 Å². The molecule has 126 valence electrons. The Morgan fingerprint density at radius 2 is 1.79 bits per heavy atom. The summed E-state index contributed by atoms with van der Waals surface area (Å²) in [5.41, 5.74) is 0.567. The fourth-order valence-electron chi connectivity index (χ4n) is 2.44. The summed E-state index contributed by atoms with van der Waals surface area (Å²) in [6, 6.07) is 11.7. The smallest absolute Gasteiger partial charge is 0.162 e. The average molecular weight is 346 g/mol. The van der Waals surface area contributed by atoms with Crippen molar-refractivity contribution in [3.8, 4) is 11.5 Å². The van der Waals surface area contributed by atoms with Gasteiger partial charge < -0.3 is 9.47 Å². The maximum atomic E-state index is 12.9. The Balaban J connectivity index is 1.47. The standard InChI is InChI=1S/C19H19FO3S/c20-15-6-4-14(5-7-15)17(21)3-1-12-24-16-8-9-18-19(13-16)23-11-2-10-22-18/h4-9,13H,1-3,10-12H2. The quantitative estimate of drug-likeness (QED) is 0.430. The van der Waals surface area contributed by atoms with Crippen LogP contribution in [0.5, 0.6) is 11.5 Å². The zero-order valence-corrected chi connectivity index (χ0v) is 14.1. The molecular formula is C19H19FO3S. The number of halogens is 1. The Morgan fingerprint density at radius 3 is 2.58 bits per heavy atom. The number of thioether (sulfide) groups is 1. The van der Waals surface area contributed by atoms with Gasteiger partial charge in [0.05, 0.1) is 13.2 Å². The van der Waals surface area contributed by atoms with Crippen LogP contribution in [0.15, 0.2) is 47.4 Å². The Hall–Kier alpha value is -2.01. The number of hydrogen-bond donors (Lipinski definition) is 0. The molecule has 24 heavy (non-hydrogen) atoms. The van der Waals surface area contributed by atoms with Crippen LogP contribution in [0.1, 0.15) is 29.6 Å². The van der Waals surface area contributed by atoms with Crippen molar-refractivity contribution in [2.45, 2.75) is 24.2 Å². The number of ether oxygens (including phenoxy) is 2. The van der Waals surface area contributed by atoms with Gasteiger partial charge in [-0.2, -0.15) is 0 Å². The van der Waals surface area contributed by atoms with Crippen molar-refractivity contribution < 1.29 is 18.7 Å². The van der Waals surface area contributed by atoms with Gasteiger partial charge in [-0.05, 0) is 54.6 Å². The first kappa shape index (κ1) is 16.8. The molecule has 0 aromatic heterocycles. The summed E-state index contributed by atoms with van der Waals surface area (Å²) in [6.45, 7) is 1.36. The van der Waals surface area contributed by atoms with E-state index in [1.54, 1.807) is 11.8 Å². The lowest BCUT2D eigenvalue weighted by atomic mass is 10.1.